The van der Waals surface area contributed by atoms with Crippen LogP contribution in [-0.4, -0.2) is 22.0 Å². The Bertz CT molecular complexity index is 647. The fraction of sp³-hybridized carbons (Fsp3) is 0.214. The maximum absolute atomic E-state index is 11.9. The fourth-order valence-electron chi connectivity index (χ4n) is 1.59. The third-order valence-corrected chi connectivity index (χ3v) is 2.45. The van der Waals surface area contributed by atoms with Crippen molar-refractivity contribution >= 4 is 11.6 Å². The first-order valence-corrected chi connectivity index (χ1v) is 6.17. The molecule has 0 aliphatic carbocycles. The largest absolute Gasteiger partial charge is 0.491 e. The van der Waals surface area contributed by atoms with Gasteiger partial charge in [-0.2, -0.15) is 0 Å². The molecular weight excluding hydrogens is 258 g/mol. The van der Waals surface area contributed by atoms with Crippen LogP contribution in [-0.2, 0) is 0 Å². The van der Waals surface area contributed by atoms with Crippen LogP contribution >= 0.6 is 0 Å². The van der Waals surface area contributed by atoms with Gasteiger partial charge in [-0.1, -0.05) is 0 Å². The molecule has 0 saturated heterocycles. The zero-order chi connectivity index (χ0) is 14.5. The summed E-state index contributed by atoms with van der Waals surface area (Å²) in [4.78, 5) is 29.4. The third-order valence-electron chi connectivity index (χ3n) is 2.45. The van der Waals surface area contributed by atoms with Crippen LogP contribution in [0.25, 0.3) is 0 Å². The number of nitrogens with one attached hydrogen (secondary N) is 2. The normalized spacial score (nSPS) is 10.3. The summed E-state index contributed by atoms with van der Waals surface area (Å²) < 4.78 is 5.50. The summed E-state index contributed by atoms with van der Waals surface area (Å²) in [5.41, 5.74) is 0.0710. The predicted molar refractivity (Wildman–Crippen MR) is 75.0 cm³/mol. The summed E-state index contributed by atoms with van der Waals surface area (Å²) in [6.07, 6.45) is 2.55. The molecule has 1 aromatic carbocycles. The number of aromatic nitrogens is 2. The Morgan fingerprint density at radius 1 is 1.30 bits per heavy atom. The van der Waals surface area contributed by atoms with E-state index >= 15 is 0 Å². The van der Waals surface area contributed by atoms with Gasteiger partial charge in [0, 0.05) is 11.9 Å². The molecule has 0 aliphatic heterocycles. The van der Waals surface area contributed by atoms with E-state index in [4.69, 9.17) is 4.74 Å². The first-order valence-electron chi connectivity index (χ1n) is 6.17. The average Bonchev–Trinajstić information content (AvgIpc) is 2.41. The second-order valence-electron chi connectivity index (χ2n) is 4.44. The van der Waals surface area contributed by atoms with Gasteiger partial charge < -0.3 is 15.0 Å². The molecule has 0 saturated carbocycles. The van der Waals surface area contributed by atoms with Crippen LogP contribution in [0.4, 0.5) is 5.69 Å². The highest BCUT2D eigenvalue weighted by molar-refractivity contribution is 6.03. The Morgan fingerprint density at radius 3 is 2.60 bits per heavy atom. The molecule has 6 nitrogen and oxygen atoms in total. The minimum absolute atomic E-state index is 0.0324. The van der Waals surface area contributed by atoms with Crippen LogP contribution in [0.5, 0.6) is 5.75 Å². The van der Waals surface area contributed by atoms with E-state index in [-0.39, 0.29) is 11.7 Å². The quantitative estimate of drug-likeness (QED) is 0.889. The van der Waals surface area contributed by atoms with Gasteiger partial charge in [0.1, 0.15) is 11.3 Å². The summed E-state index contributed by atoms with van der Waals surface area (Å²) in [5.74, 6) is 0.217. The summed E-state index contributed by atoms with van der Waals surface area (Å²) >= 11 is 0. The molecule has 0 fully saturated rings. The number of carbonyl (C=O) groups is 1. The van der Waals surface area contributed by atoms with Crippen molar-refractivity contribution in [1.29, 1.82) is 0 Å². The monoisotopic (exact) mass is 273 g/mol. The SMILES string of the molecule is CC(C)Oc1ccc(NC(=O)c2cnc[nH]c2=O)cc1. The number of carbonyl (C=O) groups excluding carboxylic acids is 1. The molecule has 1 aromatic heterocycles. The number of rotatable bonds is 4. The van der Waals surface area contributed by atoms with Gasteiger partial charge in [-0.15, -0.1) is 0 Å². The van der Waals surface area contributed by atoms with E-state index in [1.807, 2.05) is 13.8 Å². The van der Waals surface area contributed by atoms with Gasteiger partial charge >= 0.3 is 0 Å². The van der Waals surface area contributed by atoms with Crippen LogP contribution in [0.15, 0.2) is 41.6 Å². The Hall–Kier alpha value is -2.63. The number of amides is 1. The molecule has 0 unspecified atom stereocenters. The Balaban J connectivity index is 2.09. The summed E-state index contributed by atoms with van der Waals surface area (Å²) in [6, 6.07) is 6.92. The van der Waals surface area contributed by atoms with Crippen molar-refractivity contribution < 1.29 is 9.53 Å². The molecule has 0 aliphatic rings. The van der Waals surface area contributed by atoms with E-state index in [1.165, 1.54) is 12.5 Å². The standard InChI is InChI=1S/C14H15N3O3/c1-9(2)20-11-5-3-10(4-6-11)17-14(19)12-7-15-8-16-13(12)18/h3-9H,1-2H3,(H,17,19)(H,15,16,18). The van der Waals surface area contributed by atoms with E-state index in [0.29, 0.717) is 5.69 Å². The van der Waals surface area contributed by atoms with E-state index in [1.54, 1.807) is 24.3 Å². The fourth-order valence-corrected chi connectivity index (χ4v) is 1.59. The van der Waals surface area contributed by atoms with Crippen LogP contribution in [0.1, 0.15) is 24.2 Å². The first-order chi connectivity index (χ1) is 9.56. The third kappa shape index (κ3) is 3.44. The second kappa shape index (κ2) is 6.01. The number of ether oxygens (including phenoxy) is 1. The highest BCUT2D eigenvalue weighted by Gasteiger charge is 2.10. The Kier molecular flexibility index (Phi) is 4.14. The van der Waals surface area contributed by atoms with Crippen molar-refractivity contribution in [2.45, 2.75) is 20.0 Å². The zero-order valence-corrected chi connectivity index (χ0v) is 11.2. The number of hydrogen-bond acceptors (Lipinski definition) is 4. The van der Waals surface area contributed by atoms with Crippen molar-refractivity contribution in [3.63, 3.8) is 0 Å². The molecule has 2 rings (SSSR count). The summed E-state index contributed by atoms with van der Waals surface area (Å²) in [6.45, 7) is 3.87. The molecule has 6 heteroatoms. The molecule has 0 atom stereocenters. The highest BCUT2D eigenvalue weighted by Crippen LogP contribution is 2.17. The Morgan fingerprint density at radius 2 is 2.00 bits per heavy atom. The predicted octanol–water partition coefficient (Wildman–Crippen LogP) is 1.81. The van der Waals surface area contributed by atoms with Gasteiger partial charge in [0.25, 0.3) is 11.5 Å². The zero-order valence-electron chi connectivity index (χ0n) is 11.2. The molecule has 2 aromatic rings. The van der Waals surface area contributed by atoms with E-state index in [9.17, 15) is 9.59 Å². The number of H-pyrrole nitrogens is 1. The molecule has 2 N–H and O–H groups in total. The van der Waals surface area contributed by atoms with Gasteiger partial charge in [0.2, 0.25) is 0 Å². The topological polar surface area (TPSA) is 84.1 Å². The summed E-state index contributed by atoms with van der Waals surface area (Å²) in [5, 5.41) is 2.63. The van der Waals surface area contributed by atoms with Crippen LogP contribution in [0, 0.1) is 0 Å². The van der Waals surface area contributed by atoms with Crippen molar-refractivity contribution in [1.82, 2.24) is 9.97 Å². The molecule has 20 heavy (non-hydrogen) atoms. The van der Waals surface area contributed by atoms with Gasteiger partial charge in [0.15, 0.2) is 0 Å². The second-order valence-corrected chi connectivity index (χ2v) is 4.44. The van der Waals surface area contributed by atoms with E-state index in [0.717, 1.165) is 5.75 Å². The minimum atomic E-state index is -0.503. The molecule has 0 radical (unpaired) electrons. The number of anilines is 1. The molecule has 0 bridgehead atoms. The van der Waals surface area contributed by atoms with E-state index < -0.39 is 11.5 Å². The Labute approximate surface area is 115 Å². The number of benzene rings is 1. The van der Waals surface area contributed by atoms with Gasteiger partial charge in [0.05, 0.1) is 12.4 Å². The number of nitrogens with zero attached hydrogens (tertiary/aromatic N) is 1. The van der Waals surface area contributed by atoms with Crippen LogP contribution in [0.3, 0.4) is 0 Å². The lowest BCUT2D eigenvalue weighted by molar-refractivity contribution is 0.102. The molecule has 104 valence electrons. The molecule has 1 heterocycles. The smallest absolute Gasteiger partial charge is 0.263 e. The van der Waals surface area contributed by atoms with Crippen LogP contribution < -0.4 is 15.6 Å². The lowest BCUT2D eigenvalue weighted by Crippen LogP contribution is -2.23. The van der Waals surface area contributed by atoms with Crippen molar-refractivity contribution in [2.24, 2.45) is 0 Å². The van der Waals surface area contributed by atoms with Gasteiger partial charge in [-0.25, -0.2) is 4.98 Å². The lowest BCUT2D eigenvalue weighted by atomic mass is 10.2. The van der Waals surface area contributed by atoms with Crippen molar-refractivity contribution in [2.75, 3.05) is 5.32 Å². The van der Waals surface area contributed by atoms with Gasteiger partial charge in [-0.3, -0.25) is 9.59 Å². The molecule has 0 spiro atoms. The number of hydrogen-bond donors (Lipinski definition) is 2. The highest BCUT2D eigenvalue weighted by atomic mass is 16.5. The van der Waals surface area contributed by atoms with Crippen LogP contribution in [0.2, 0.25) is 0 Å². The minimum Gasteiger partial charge on any atom is -0.491 e. The maximum Gasteiger partial charge on any atom is 0.263 e. The summed E-state index contributed by atoms with van der Waals surface area (Å²) in [7, 11) is 0. The van der Waals surface area contributed by atoms with E-state index in [2.05, 4.69) is 15.3 Å². The molecule has 1 amide bonds. The first kappa shape index (κ1) is 13.8. The van der Waals surface area contributed by atoms with Crippen molar-refractivity contribution in [3.05, 3.63) is 52.7 Å². The maximum atomic E-state index is 11.9. The lowest BCUT2D eigenvalue weighted by Gasteiger charge is -2.10. The molecular formula is C14H15N3O3. The van der Waals surface area contributed by atoms with Crippen molar-refractivity contribution in [3.8, 4) is 5.75 Å². The number of aromatic amines is 1. The average molecular weight is 273 g/mol. The van der Waals surface area contributed by atoms with Gasteiger partial charge in [-0.05, 0) is 38.1 Å².